The lowest BCUT2D eigenvalue weighted by molar-refractivity contribution is 0.0914. The van der Waals surface area contributed by atoms with Gasteiger partial charge >= 0.3 is 0 Å². The van der Waals surface area contributed by atoms with Crippen LogP contribution in [0.4, 0.5) is 0 Å². The predicted molar refractivity (Wildman–Crippen MR) is 113 cm³/mol. The Bertz CT molecular complexity index is 961. The number of amides is 1. The molecular weight excluding hydrogens is 406 g/mol. The van der Waals surface area contributed by atoms with E-state index in [0.717, 1.165) is 6.42 Å². The highest BCUT2D eigenvalue weighted by atomic mass is 32.1. The lowest BCUT2D eigenvalue weighted by Gasteiger charge is -2.20. The Hall–Kier alpha value is -3.07. The molecule has 2 atom stereocenters. The van der Waals surface area contributed by atoms with Gasteiger partial charge in [0.2, 0.25) is 17.5 Å². The van der Waals surface area contributed by atoms with Crippen molar-refractivity contribution in [3.05, 3.63) is 40.4 Å². The maximum absolute atomic E-state index is 12.6. The van der Waals surface area contributed by atoms with E-state index in [2.05, 4.69) is 15.5 Å². The van der Waals surface area contributed by atoms with Crippen molar-refractivity contribution in [3.63, 3.8) is 0 Å². The molecule has 3 aromatic rings. The van der Waals surface area contributed by atoms with Gasteiger partial charge in [0.15, 0.2) is 11.5 Å². The molecule has 0 aliphatic rings. The minimum absolute atomic E-state index is 0.0992. The first kappa shape index (κ1) is 21.6. The van der Waals surface area contributed by atoms with Crippen molar-refractivity contribution in [2.24, 2.45) is 5.92 Å². The first-order valence-electron chi connectivity index (χ1n) is 9.50. The number of thiophene rings is 1. The van der Waals surface area contributed by atoms with Crippen molar-refractivity contribution in [3.8, 4) is 28.6 Å². The van der Waals surface area contributed by atoms with E-state index in [1.165, 1.54) is 11.3 Å². The molecule has 160 valence electrons. The van der Waals surface area contributed by atoms with Gasteiger partial charge in [-0.15, -0.1) is 11.3 Å². The second-order valence-corrected chi connectivity index (χ2v) is 7.63. The van der Waals surface area contributed by atoms with E-state index < -0.39 is 6.04 Å². The summed E-state index contributed by atoms with van der Waals surface area (Å²) in [5, 5.41) is 9.00. The fourth-order valence-corrected chi connectivity index (χ4v) is 3.62. The molecule has 0 aliphatic heterocycles. The Morgan fingerprint density at radius 2 is 1.90 bits per heavy atom. The fourth-order valence-electron chi connectivity index (χ4n) is 2.99. The van der Waals surface area contributed by atoms with Crippen LogP contribution < -0.4 is 19.5 Å². The quantitative estimate of drug-likeness (QED) is 0.538. The molecular formula is C21H25N3O5S. The van der Waals surface area contributed by atoms with Gasteiger partial charge in [0.1, 0.15) is 6.04 Å². The van der Waals surface area contributed by atoms with Gasteiger partial charge in [0, 0.05) is 5.56 Å². The molecule has 1 amide bonds. The minimum atomic E-state index is -0.409. The Balaban J connectivity index is 1.93. The number of aromatic nitrogens is 2. The number of carbonyl (C=O) groups is 1. The number of hydrogen-bond donors (Lipinski definition) is 1. The topological polar surface area (TPSA) is 95.7 Å². The number of ether oxygens (including phenoxy) is 3. The maximum Gasteiger partial charge on any atom is 0.262 e. The van der Waals surface area contributed by atoms with E-state index in [1.807, 2.05) is 25.3 Å². The number of rotatable bonds is 9. The van der Waals surface area contributed by atoms with Gasteiger partial charge in [0.25, 0.3) is 5.91 Å². The molecule has 1 N–H and O–H groups in total. The molecule has 2 heterocycles. The average molecular weight is 432 g/mol. The smallest absolute Gasteiger partial charge is 0.262 e. The second-order valence-electron chi connectivity index (χ2n) is 6.68. The van der Waals surface area contributed by atoms with Gasteiger partial charge in [-0.05, 0) is 29.5 Å². The third kappa shape index (κ3) is 4.40. The highest BCUT2D eigenvalue weighted by Gasteiger charge is 2.27. The maximum atomic E-state index is 12.6. The Morgan fingerprint density at radius 3 is 2.43 bits per heavy atom. The summed E-state index contributed by atoms with van der Waals surface area (Å²) in [6.45, 7) is 4.08. The number of benzene rings is 1. The summed E-state index contributed by atoms with van der Waals surface area (Å²) in [6, 6.07) is 6.71. The fraction of sp³-hybridized carbons (Fsp3) is 0.381. The lowest BCUT2D eigenvalue weighted by atomic mass is 9.99. The Morgan fingerprint density at radius 1 is 1.20 bits per heavy atom. The summed E-state index contributed by atoms with van der Waals surface area (Å²) in [4.78, 5) is 17.8. The van der Waals surface area contributed by atoms with Crippen molar-refractivity contribution in [1.82, 2.24) is 15.5 Å². The number of nitrogens with zero attached hydrogens (tertiary/aromatic N) is 2. The minimum Gasteiger partial charge on any atom is -0.493 e. The molecule has 30 heavy (non-hydrogen) atoms. The third-order valence-electron chi connectivity index (χ3n) is 4.88. The van der Waals surface area contributed by atoms with Crippen LogP contribution >= 0.6 is 11.3 Å². The summed E-state index contributed by atoms with van der Waals surface area (Å²) < 4.78 is 21.7. The van der Waals surface area contributed by atoms with Gasteiger partial charge in [-0.3, -0.25) is 4.79 Å². The van der Waals surface area contributed by atoms with E-state index in [0.29, 0.717) is 39.4 Å². The van der Waals surface area contributed by atoms with Crippen LogP contribution in [0.1, 0.15) is 41.9 Å². The van der Waals surface area contributed by atoms with Crippen LogP contribution in [0.5, 0.6) is 17.2 Å². The molecule has 0 saturated heterocycles. The van der Waals surface area contributed by atoms with Crippen LogP contribution in [-0.2, 0) is 0 Å². The van der Waals surface area contributed by atoms with Crippen molar-refractivity contribution in [2.45, 2.75) is 26.3 Å². The molecule has 0 bridgehead atoms. The highest BCUT2D eigenvalue weighted by molar-refractivity contribution is 7.12. The van der Waals surface area contributed by atoms with Crippen molar-refractivity contribution in [2.75, 3.05) is 21.3 Å². The largest absolute Gasteiger partial charge is 0.493 e. The van der Waals surface area contributed by atoms with Crippen LogP contribution in [0.3, 0.4) is 0 Å². The monoisotopic (exact) mass is 431 g/mol. The Labute approximate surface area is 179 Å². The number of hydrogen-bond acceptors (Lipinski definition) is 8. The lowest BCUT2D eigenvalue weighted by Crippen LogP contribution is -2.32. The first-order valence-corrected chi connectivity index (χ1v) is 10.4. The van der Waals surface area contributed by atoms with Crippen LogP contribution in [0.15, 0.2) is 34.2 Å². The van der Waals surface area contributed by atoms with Crippen LogP contribution in [0.2, 0.25) is 0 Å². The second kappa shape index (κ2) is 9.62. The molecule has 0 unspecified atom stereocenters. The van der Waals surface area contributed by atoms with Crippen molar-refractivity contribution >= 4 is 17.2 Å². The van der Waals surface area contributed by atoms with Gasteiger partial charge in [-0.1, -0.05) is 31.5 Å². The molecule has 3 rings (SSSR count). The molecule has 0 saturated carbocycles. The van der Waals surface area contributed by atoms with Gasteiger partial charge in [-0.25, -0.2) is 0 Å². The van der Waals surface area contributed by atoms with Crippen molar-refractivity contribution < 1.29 is 23.5 Å². The Kier molecular flexibility index (Phi) is 6.94. The number of carbonyl (C=O) groups excluding carboxylic acids is 1. The van der Waals surface area contributed by atoms with E-state index >= 15 is 0 Å². The van der Waals surface area contributed by atoms with Gasteiger partial charge < -0.3 is 24.1 Å². The van der Waals surface area contributed by atoms with Crippen LogP contribution in [0, 0.1) is 5.92 Å². The van der Waals surface area contributed by atoms with Gasteiger partial charge in [0.05, 0.1) is 26.2 Å². The SMILES string of the molecule is CC[C@@H](C)[C@H](NC(=O)c1cccs1)c1nc(-c2cc(OC)c(OC)c(OC)c2)no1. The normalized spacial score (nSPS) is 12.8. The summed E-state index contributed by atoms with van der Waals surface area (Å²) in [5.74, 6) is 2.10. The number of methoxy groups -OCH3 is 3. The highest BCUT2D eigenvalue weighted by Crippen LogP contribution is 2.40. The summed E-state index contributed by atoms with van der Waals surface area (Å²) in [7, 11) is 4.63. The molecule has 0 aliphatic carbocycles. The van der Waals surface area contributed by atoms with Crippen molar-refractivity contribution in [1.29, 1.82) is 0 Å². The summed E-state index contributed by atoms with van der Waals surface area (Å²) >= 11 is 1.38. The molecule has 0 radical (unpaired) electrons. The average Bonchev–Trinajstić information content (AvgIpc) is 3.48. The summed E-state index contributed by atoms with van der Waals surface area (Å²) in [5.41, 5.74) is 0.645. The molecule has 1 aromatic carbocycles. The molecule has 9 heteroatoms. The molecule has 0 spiro atoms. The van der Waals surface area contributed by atoms with E-state index in [-0.39, 0.29) is 11.8 Å². The standard InChI is InChI=1S/C21H25N3O5S/c1-6-12(2)17(22-20(25)16-8-7-9-30-16)21-23-19(24-29-21)13-10-14(26-3)18(28-5)15(11-13)27-4/h7-12,17H,6H2,1-5H3,(H,22,25)/t12-,17+/m1/s1. The summed E-state index contributed by atoms with van der Waals surface area (Å²) in [6.07, 6.45) is 0.831. The van der Waals surface area contributed by atoms with Crippen LogP contribution in [-0.4, -0.2) is 37.4 Å². The molecule has 8 nitrogen and oxygen atoms in total. The zero-order chi connectivity index (χ0) is 21.7. The van der Waals surface area contributed by atoms with Gasteiger partial charge in [-0.2, -0.15) is 4.98 Å². The van der Waals surface area contributed by atoms with Crippen LogP contribution in [0.25, 0.3) is 11.4 Å². The zero-order valence-corrected chi connectivity index (χ0v) is 18.4. The first-order chi connectivity index (χ1) is 14.5. The molecule has 2 aromatic heterocycles. The zero-order valence-electron chi connectivity index (χ0n) is 17.6. The van der Waals surface area contributed by atoms with E-state index in [1.54, 1.807) is 39.5 Å². The number of nitrogens with one attached hydrogen (secondary N) is 1. The van der Waals surface area contributed by atoms with E-state index in [4.69, 9.17) is 18.7 Å². The molecule has 0 fully saturated rings. The van der Waals surface area contributed by atoms with E-state index in [9.17, 15) is 4.79 Å². The third-order valence-corrected chi connectivity index (χ3v) is 5.74. The predicted octanol–water partition coefficient (Wildman–Crippen LogP) is 4.34.